The summed E-state index contributed by atoms with van der Waals surface area (Å²) in [5.74, 6) is -0.212. The number of Topliss-reactive ketones (excluding diaryl/α,β-unsaturated/α-hetero) is 1. The number of hydrogen-bond acceptors (Lipinski definition) is 5. The average Bonchev–Trinajstić information content (AvgIpc) is 3.11. The van der Waals surface area contributed by atoms with E-state index in [4.69, 9.17) is 5.26 Å². The maximum Gasteiger partial charge on any atom is 0.227 e. The molecule has 0 atom stereocenters. The third-order valence-electron chi connectivity index (χ3n) is 4.33. The first-order valence-corrected chi connectivity index (χ1v) is 10.1. The maximum absolute atomic E-state index is 12.1. The minimum Gasteiger partial charge on any atom is -0.349 e. The Balaban J connectivity index is 1.55. The summed E-state index contributed by atoms with van der Waals surface area (Å²) in [6.07, 6.45) is 2.42. The molecule has 0 fully saturated rings. The molecule has 0 saturated heterocycles. The fraction of sp³-hybridized carbons (Fsp3) is 0.273. The monoisotopic (exact) mass is 391 g/mol. The highest BCUT2D eigenvalue weighted by molar-refractivity contribution is 7.18. The molecule has 1 heterocycles. The molecule has 28 heavy (non-hydrogen) atoms. The van der Waals surface area contributed by atoms with Crippen LogP contribution in [0.5, 0.6) is 0 Å². The van der Waals surface area contributed by atoms with E-state index < -0.39 is 0 Å². The summed E-state index contributed by atoms with van der Waals surface area (Å²) >= 11 is 1.50. The number of aromatic nitrogens is 1. The van der Waals surface area contributed by atoms with Crippen LogP contribution in [0.1, 0.15) is 30.7 Å². The molecular weight excluding hydrogens is 370 g/mol. The fourth-order valence-electron chi connectivity index (χ4n) is 2.87. The van der Waals surface area contributed by atoms with Crippen LogP contribution in [0, 0.1) is 11.3 Å². The van der Waals surface area contributed by atoms with Crippen LogP contribution in [-0.4, -0.2) is 23.2 Å². The third-order valence-corrected chi connectivity index (χ3v) is 5.35. The van der Waals surface area contributed by atoms with Crippen molar-refractivity contribution in [1.82, 2.24) is 10.3 Å². The Kier molecular flexibility index (Phi) is 6.88. The Bertz CT molecular complexity index is 1010. The molecule has 0 unspecified atom stereocenters. The number of amides is 1. The summed E-state index contributed by atoms with van der Waals surface area (Å²) in [6, 6.07) is 18.3. The number of thiazole rings is 1. The first-order chi connectivity index (χ1) is 13.7. The van der Waals surface area contributed by atoms with Crippen LogP contribution < -0.4 is 5.32 Å². The van der Waals surface area contributed by atoms with Gasteiger partial charge in [-0.3, -0.25) is 9.59 Å². The van der Waals surface area contributed by atoms with Crippen LogP contribution in [0.2, 0.25) is 0 Å². The van der Waals surface area contributed by atoms with Crippen molar-refractivity contribution in [1.29, 1.82) is 5.26 Å². The van der Waals surface area contributed by atoms with Gasteiger partial charge in [0.05, 0.1) is 29.3 Å². The molecule has 0 saturated carbocycles. The highest BCUT2D eigenvalue weighted by Crippen LogP contribution is 2.28. The van der Waals surface area contributed by atoms with E-state index >= 15 is 0 Å². The lowest BCUT2D eigenvalue weighted by atomic mass is 10.1. The van der Waals surface area contributed by atoms with Gasteiger partial charge >= 0.3 is 0 Å². The van der Waals surface area contributed by atoms with E-state index in [1.54, 1.807) is 0 Å². The quantitative estimate of drug-likeness (QED) is 0.552. The number of nitrogens with one attached hydrogen (secondary N) is 1. The van der Waals surface area contributed by atoms with E-state index in [1.165, 1.54) is 11.3 Å². The highest BCUT2D eigenvalue weighted by atomic mass is 32.1. The predicted molar refractivity (Wildman–Crippen MR) is 111 cm³/mol. The Morgan fingerprint density at radius 2 is 1.89 bits per heavy atom. The summed E-state index contributed by atoms with van der Waals surface area (Å²) in [7, 11) is 0. The Hall–Kier alpha value is -3.04. The van der Waals surface area contributed by atoms with E-state index in [2.05, 4.69) is 34.6 Å². The number of nitriles is 1. The summed E-state index contributed by atoms with van der Waals surface area (Å²) in [5.41, 5.74) is 3.14. The predicted octanol–water partition coefficient (Wildman–Crippen LogP) is 4.28. The largest absolute Gasteiger partial charge is 0.349 e. The average molecular weight is 391 g/mol. The van der Waals surface area contributed by atoms with Crippen molar-refractivity contribution in [2.24, 2.45) is 0 Å². The molecule has 2 aromatic carbocycles. The van der Waals surface area contributed by atoms with Crippen molar-refractivity contribution >= 4 is 33.2 Å². The van der Waals surface area contributed by atoms with Crippen LogP contribution in [0.25, 0.3) is 21.3 Å². The van der Waals surface area contributed by atoms with Gasteiger partial charge in [0.1, 0.15) is 5.01 Å². The van der Waals surface area contributed by atoms with Gasteiger partial charge in [0.25, 0.3) is 0 Å². The van der Waals surface area contributed by atoms with Gasteiger partial charge in [-0.25, -0.2) is 4.98 Å². The van der Waals surface area contributed by atoms with Gasteiger partial charge in [-0.2, -0.15) is 5.26 Å². The van der Waals surface area contributed by atoms with Crippen LogP contribution in [0.3, 0.4) is 0 Å². The highest BCUT2D eigenvalue weighted by Gasteiger charge is 2.11. The second-order valence-electron chi connectivity index (χ2n) is 6.51. The van der Waals surface area contributed by atoms with E-state index in [0.717, 1.165) is 26.4 Å². The van der Waals surface area contributed by atoms with Crippen LogP contribution in [0.15, 0.2) is 48.5 Å². The van der Waals surface area contributed by atoms with Gasteiger partial charge in [-0.15, -0.1) is 11.3 Å². The van der Waals surface area contributed by atoms with E-state index in [-0.39, 0.29) is 24.7 Å². The molecule has 3 aromatic rings. The number of unbranched alkanes of at least 4 members (excludes halogenated alkanes) is 2. The number of carbonyl (C=O) groups is 2. The van der Waals surface area contributed by atoms with E-state index in [0.29, 0.717) is 25.7 Å². The van der Waals surface area contributed by atoms with Crippen molar-refractivity contribution in [3.63, 3.8) is 0 Å². The zero-order chi connectivity index (χ0) is 19.8. The van der Waals surface area contributed by atoms with Crippen molar-refractivity contribution in [3.05, 3.63) is 53.5 Å². The molecule has 0 radical (unpaired) electrons. The molecule has 6 heteroatoms. The van der Waals surface area contributed by atoms with Gasteiger partial charge in [0.2, 0.25) is 5.91 Å². The Labute approximate surface area is 168 Å². The summed E-state index contributed by atoms with van der Waals surface area (Å²) in [4.78, 5) is 28.4. The van der Waals surface area contributed by atoms with Gasteiger partial charge in [-0.05, 0) is 36.1 Å². The third kappa shape index (κ3) is 5.48. The molecule has 0 aliphatic rings. The number of nitrogens with zero attached hydrogens (tertiary/aromatic N) is 2. The van der Waals surface area contributed by atoms with Crippen molar-refractivity contribution < 1.29 is 9.59 Å². The molecule has 1 amide bonds. The first-order valence-electron chi connectivity index (χ1n) is 9.26. The lowest BCUT2D eigenvalue weighted by molar-refractivity contribution is -0.124. The van der Waals surface area contributed by atoms with E-state index in [1.807, 2.05) is 30.3 Å². The minimum atomic E-state index is -0.201. The maximum atomic E-state index is 12.1. The zero-order valence-electron chi connectivity index (χ0n) is 15.5. The Morgan fingerprint density at radius 3 is 2.68 bits per heavy atom. The van der Waals surface area contributed by atoms with Crippen LogP contribution in [0.4, 0.5) is 0 Å². The smallest absolute Gasteiger partial charge is 0.227 e. The van der Waals surface area contributed by atoms with Gasteiger partial charge in [0.15, 0.2) is 5.78 Å². The number of hydrogen-bond donors (Lipinski definition) is 1. The summed E-state index contributed by atoms with van der Waals surface area (Å²) in [5, 5.41) is 11.9. The molecule has 5 nitrogen and oxygen atoms in total. The number of carbonyl (C=O) groups excluding carboxylic acids is 2. The second-order valence-corrected chi connectivity index (χ2v) is 7.63. The van der Waals surface area contributed by atoms with Crippen LogP contribution in [-0.2, 0) is 16.0 Å². The van der Waals surface area contributed by atoms with Crippen molar-refractivity contribution in [2.45, 2.75) is 32.1 Å². The van der Waals surface area contributed by atoms with Gasteiger partial charge < -0.3 is 5.32 Å². The first kappa shape index (κ1) is 19.7. The fourth-order valence-corrected chi connectivity index (χ4v) is 3.87. The number of rotatable bonds is 9. The molecule has 3 rings (SSSR count). The number of ketones is 1. The topological polar surface area (TPSA) is 82.9 Å². The van der Waals surface area contributed by atoms with Crippen molar-refractivity contribution in [3.8, 4) is 17.2 Å². The zero-order valence-corrected chi connectivity index (χ0v) is 16.3. The normalized spacial score (nSPS) is 10.5. The molecule has 0 bridgehead atoms. The molecule has 0 spiro atoms. The van der Waals surface area contributed by atoms with Gasteiger partial charge in [-0.1, -0.05) is 36.4 Å². The molecule has 142 valence electrons. The minimum absolute atomic E-state index is 0.0110. The molecule has 0 aliphatic heterocycles. The molecule has 1 N–H and O–H groups in total. The molecule has 1 aromatic heterocycles. The molecule has 0 aliphatic carbocycles. The lowest BCUT2D eigenvalue weighted by Gasteiger charge is -2.03. The number of benzene rings is 2. The van der Waals surface area contributed by atoms with Crippen LogP contribution >= 0.6 is 11.3 Å². The second kappa shape index (κ2) is 9.77. The standard InChI is InChI=1S/C22H21N3O2S/c23-12-6-2-5-9-18(26)15-24-21(27)14-22-25-19-11-10-17(13-20(19)28-22)16-7-3-1-4-8-16/h1,3-4,7-8,10-11,13H,2,5-6,9,14-15H2,(H,24,27). The summed E-state index contributed by atoms with van der Waals surface area (Å²) < 4.78 is 1.04. The van der Waals surface area contributed by atoms with E-state index in [9.17, 15) is 9.59 Å². The molecular formula is C22H21N3O2S. The SMILES string of the molecule is N#CCCCCC(=O)CNC(=O)Cc1nc2ccc(-c3ccccc3)cc2s1. The lowest BCUT2D eigenvalue weighted by Crippen LogP contribution is -2.30. The summed E-state index contributed by atoms with van der Waals surface area (Å²) in [6.45, 7) is 0.0361. The van der Waals surface area contributed by atoms with Gasteiger partial charge in [0, 0.05) is 12.8 Å². The van der Waals surface area contributed by atoms with Crippen molar-refractivity contribution in [2.75, 3.05) is 6.54 Å². The number of fused-ring (bicyclic) bond motifs is 1. The Morgan fingerprint density at radius 1 is 1.07 bits per heavy atom.